The lowest BCUT2D eigenvalue weighted by Gasteiger charge is -2.36. The summed E-state index contributed by atoms with van der Waals surface area (Å²) in [6.07, 6.45) is 1.53. The van der Waals surface area contributed by atoms with Crippen LogP contribution < -0.4 is 15.6 Å². The predicted molar refractivity (Wildman–Crippen MR) is 91.1 cm³/mol. The van der Waals surface area contributed by atoms with Crippen molar-refractivity contribution in [1.82, 2.24) is 19.8 Å². The van der Waals surface area contributed by atoms with Gasteiger partial charge in [-0.25, -0.2) is 9.18 Å². The standard InChI is InChI=1S/C17H19FN4O4/c18-12-7-19-13-1-2-14(23)22-11(9-26-16(12)15(13)22)8-21-5-3-10(4-6-21)20-17(24)25/h1-2,7,10-11,20H,3-6,8-9H2,(H,24,25)/t11-/m1/s1. The maximum Gasteiger partial charge on any atom is 0.404 e. The maximum atomic E-state index is 14.0. The van der Waals surface area contributed by atoms with E-state index in [-0.39, 0.29) is 30.0 Å². The minimum absolute atomic E-state index is 0.0449. The predicted octanol–water partition coefficient (Wildman–Crippen LogP) is 1.20. The Morgan fingerprint density at radius 2 is 2.15 bits per heavy atom. The van der Waals surface area contributed by atoms with E-state index in [1.54, 1.807) is 10.6 Å². The highest BCUT2D eigenvalue weighted by Gasteiger charge is 2.29. The Bertz CT molecular complexity index is 908. The van der Waals surface area contributed by atoms with Gasteiger partial charge in [-0.15, -0.1) is 0 Å². The van der Waals surface area contributed by atoms with Crippen molar-refractivity contribution in [3.63, 3.8) is 0 Å². The zero-order valence-corrected chi connectivity index (χ0v) is 14.0. The quantitative estimate of drug-likeness (QED) is 0.852. The van der Waals surface area contributed by atoms with E-state index in [1.807, 2.05) is 0 Å². The third-order valence-electron chi connectivity index (χ3n) is 5.02. The number of carbonyl (C=O) groups is 1. The van der Waals surface area contributed by atoms with Gasteiger partial charge in [-0.05, 0) is 18.9 Å². The molecule has 0 saturated carbocycles. The van der Waals surface area contributed by atoms with Gasteiger partial charge in [0.15, 0.2) is 11.6 Å². The fraction of sp³-hybridized carbons (Fsp3) is 0.471. The van der Waals surface area contributed by atoms with Crippen molar-refractivity contribution < 1.29 is 19.0 Å². The molecule has 8 nitrogen and oxygen atoms in total. The second kappa shape index (κ2) is 6.56. The normalized spacial score (nSPS) is 20.7. The Morgan fingerprint density at radius 3 is 2.88 bits per heavy atom. The Labute approximate surface area is 148 Å². The van der Waals surface area contributed by atoms with Crippen LogP contribution in [0.2, 0.25) is 0 Å². The van der Waals surface area contributed by atoms with E-state index in [0.717, 1.165) is 19.3 Å². The van der Waals surface area contributed by atoms with Gasteiger partial charge in [0.05, 0.1) is 17.8 Å². The number of amides is 1. The molecular weight excluding hydrogens is 343 g/mol. The number of nitrogens with one attached hydrogen (secondary N) is 1. The first kappa shape index (κ1) is 16.8. The molecule has 0 spiro atoms. The Balaban J connectivity index is 1.56. The average Bonchev–Trinajstić information content (AvgIpc) is 2.62. The second-order valence-corrected chi connectivity index (χ2v) is 6.70. The molecule has 0 bridgehead atoms. The van der Waals surface area contributed by atoms with Crippen molar-refractivity contribution in [3.05, 3.63) is 34.5 Å². The number of hydrogen-bond acceptors (Lipinski definition) is 5. The number of nitrogens with zero attached hydrogens (tertiary/aromatic N) is 3. The number of hydrogen-bond donors (Lipinski definition) is 2. The lowest BCUT2D eigenvalue weighted by Crippen LogP contribution is -2.47. The molecule has 1 fully saturated rings. The van der Waals surface area contributed by atoms with Crippen LogP contribution in [0.3, 0.4) is 0 Å². The fourth-order valence-corrected chi connectivity index (χ4v) is 3.79. The van der Waals surface area contributed by atoms with Gasteiger partial charge in [-0.3, -0.25) is 14.3 Å². The zero-order chi connectivity index (χ0) is 18.3. The summed E-state index contributed by atoms with van der Waals surface area (Å²) in [7, 11) is 0. The fourth-order valence-electron chi connectivity index (χ4n) is 3.79. The number of piperidine rings is 1. The van der Waals surface area contributed by atoms with E-state index in [0.29, 0.717) is 30.4 Å². The molecule has 0 radical (unpaired) electrons. The SMILES string of the molecule is O=C(O)NC1CCN(C[C@@H]2COc3c(F)cnc4ccc(=O)n2c34)CC1. The van der Waals surface area contributed by atoms with Crippen molar-refractivity contribution in [2.45, 2.75) is 24.9 Å². The third kappa shape index (κ3) is 2.98. The Morgan fingerprint density at radius 1 is 1.38 bits per heavy atom. The second-order valence-electron chi connectivity index (χ2n) is 6.70. The highest BCUT2D eigenvalue weighted by Crippen LogP contribution is 2.32. The molecule has 1 amide bonds. The molecule has 4 rings (SSSR count). The number of aromatic nitrogens is 2. The van der Waals surface area contributed by atoms with E-state index in [2.05, 4.69) is 15.2 Å². The minimum atomic E-state index is -1.01. The summed E-state index contributed by atoms with van der Waals surface area (Å²) >= 11 is 0. The molecule has 4 heterocycles. The highest BCUT2D eigenvalue weighted by atomic mass is 19.1. The number of likely N-dealkylation sites (tertiary alicyclic amines) is 1. The molecule has 0 aromatic carbocycles. The summed E-state index contributed by atoms with van der Waals surface area (Å²) in [5.41, 5.74) is 0.716. The summed E-state index contributed by atoms with van der Waals surface area (Å²) < 4.78 is 21.2. The molecule has 2 N–H and O–H groups in total. The highest BCUT2D eigenvalue weighted by molar-refractivity contribution is 5.82. The van der Waals surface area contributed by atoms with Gasteiger partial charge in [-0.1, -0.05) is 0 Å². The topological polar surface area (TPSA) is 96.7 Å². The summed E-state index contributed by atoms with van der Waals surface area (Å²) in [4.78, 5) is 29.4. The van der Waals surface area contributed by atoms with E-state index in [9.17, 15) is 14.0 Å². The van der Waals surface area contributed by atoms with Crippen molar-refractivity contribution in [2.24, 2.45) is 0 Å². The molecule has 2 aliphatic heterocycles. The summed E-state index contributed by atoms with van der Waals surface area (Å²) in [5.74, 6) is -0.496. The minimum Gasteiger partial charge on any atom is -0.486 e. The van der Waals surface area contributed by atoms with Gasteiger partial charge in [0, 0.05) is 31.7 Å². The molecule has 138 valence electrons. The van der Waals surface area contributed by atoms with Crippen LogP contribution in [0.5, 0.6) is 5.75 Å². The number of pyridine rings is 2. The Kier molecular flexibility index (Phi) is 4.23. The molecule has 1 saturated heterocycles. The molecule has 26 heavy (non-hydrogen) atoms. The molecule has 0 unspecified atom stereocenters. The molecule has 0 aliphatic carbocycles. The molecular formula is C17H19FN4O4. The lowest BCUT2D eigenvalue weighted by molar-refractivity contribution is 0.133. The first-order valence-corrected chi connectivity index (χ1v) is 8.57. The van der Waals surface area contributed by atoms with Gasteiger partial charge < -0.3 is 20.1 Å². The van der Waals surface area contributed by atoms with Crippen LogP contribution in [0.15, 0.2) is 23.1 Å². The van der Waals surface area contributed by atoms with Gasteiger partial charge in [0.2, 0.25) is 0 Å². The summed E-state index contributed by atoms with van der Waals surface area (Å²) in [6.45, 7) is 2.23. The van der Waals surface area contributed by atoms with Crippen LogP contribution in [0, 0.1) is 5.82 Å². The largest absolute Gasteiger partial charge is 0.486 e. The molecule has 2 aromatic heterocycles. The van der Waals surface area contributed by atoms with E-state index in [1.165, 1.54) is 6.07 Å². The smallest absolute Gasteiger partial charge is 0.404 e. The van der Waals surface area contributed by atoms with Gasteiger partial charge in [0.25, 0.3) is 5.56 Å². The zero-order valence-electron chi connectivity index (χ0n) is 14.0. The van der Waals surface area contributed by atoms with Crippen molar-refractivity contribution >= 4 is 17.1 Å². The van der Waals surface area contributed by atoms with Crippen LogP contribution in [-0.2, 0) is 0 Å². The van der Waals surface area contributed by atoms with Crippen LogP contribution >= 0.6 is 0 Å². The average molecular weight is 362 g/mol. The first-order valence-electron chi connectivity index (χ1n) is 8.57. The summed E-state index contributed by atoms with van der Waals surface area (Å²) in [5, 5.41) is 11.3. The molecule has 2 aromatic rings. The third-order valence-corrected chi connectivity index (χ3v) is 5.02. The van der Waals surface area contributed by atoms with Gasteiger partial charge >= 0.3 is 6.09 Å². The maximum absolute atomic E-state index is 14.0. The lowest BCUT2D eigenvalue weighted by atomic mass is 10.0. The van der Waals surface area contributed by atoms with Crippen molar-refractivity contribution in [2.75, 3.05) is 26.2 Å². The van der Waals surface area contributed by atoms with Gasteiger partial charge in [0.1, 0.15) is 12.1 Å². The first-order chi connectivity index (χ1) is 12.5. The van der Waals surface area contributed by atoms with E-state index >= 15 is 0 Å². The van der Waals surface area contributed by atoms with Crippen LogP contribution in [-0.4, -0.2) is 57.9 Å². The number of rotatable bonds is 3. The number of halogens is 1. The van der Waals surface area contributed by atoms with Crippen molar-refractivity contribution in [1.29, 1.82) is 0 Å². The molecule has 2 aliphatic rings. The Hall–Kier alpha value is -2.68. The van der Waals surface area contributed by atoms with Gasteiger partial charge in [-0.2, -0.15) is 0 Å². The van der Waals surface area contributed by atoms with Crippen molar-refractivity contribution in [3.8, 4) is 5.75 Å². The number of ether oxygens (including phenoxy) is 1. The molecule has 9 heteroatoms. The monoisotopic (exact) mass is 362 g/mol. The molecule has 1 atom stereocenters. The van der Waals surface area contributed by atoms with E-state index < -0.39 is 11.9 Å². The summed E-state index contributed by atoms with van der Waals surface area (Å²) in [6, 6.07) is 2.73. The van der Waals surface area contributed by atoms with Crippen LogP contribution in [0.4, 0.5) is 9.18 Å². The van der Waals surface area contributed by atoms with E-state index in [4.69, 9.17) is 9.84 Å². The van der Waals surface area contributed by atoms with Crippen LogP contribution in [0.25, 0.3) is 11.0 Å². The number of carboxylic acid groups (broad SMARTS) is 1. The van der Waals surface area contributed by atoms with Crippen LogP contribution in [0.1, 0.15) is 18.9 Å².